The van der Waals surface area contributed by atoms with E-state index in [1.807, 2.05) is 30.0 Å². The Morgan fingerprint density at radius 3 is 2.48 bits per heavy atom. The molecule has 1 spiro atoms. The molecular formula is C21H28N2O4. The number of piperidine rings is 1. The van der Waals surface area contributed by atoms with E-state index in [0.29, 0.717) is 38.9 Å². The van der Waals surface area contributed by atoms with Gasteiger partial charge in [0, 0.05) is 44.6 Å². The lowest BCUT2D eigenvalue weighted by atomic mass is 9.99. The van der Waals surface area contributed by atoms with Crippen molar-refractivity contribution in [2.24, 2.45) is 5.92 Å². The van der Waals surface area contributed by atoms with Gasteiger partial charge in [-0.05, 0) is 43.5 Å². The minimum absolute atomic E-state index is 0.0315. The van der Waals surface area contributed by atoms with Crippen LogP contribution in [-0.2, 0) is 19.1 Å². The van der Waals surface area contributed by atoms with Gasteiger partial charge in [0.1, 0.15) is 0 Å². The van der Waals surface area contributed by atoms with Gasteiger partial charge in [-0.15, -0.1) is 0 Å². The van der Waals surface area contributed by atoms with Gasteiger partial charge in [0.25, 0.3) is 0 Å². The van der Waals surface area contributed by atoms with Gasteiger partial charge in [0.2, 0.25) is 11.8 Å². The lowest BCUT2D eigenvalue weighted by Crippen LogP contribution is -2.52. The maximum atomic E-state index is 13.0. The fourth-order valence-electron chi connectivity index (χ4n) is 4.25. The van der Waals surface area contributed by atoms with Crippen molar-refractivity contribution in [1.29, 1.82) is 0 Å². The van der Waals surface area contributed by atoms with Crippen molar-refractivity contribution in [1.82, 2.24) is 4.90 Å². The van der Waals surface area contributed by atoms with Crippen molar-refractivity contribution in [2.45, 2.75) is 45.3 Å². The Morgan fingerprint density at radius 1 is 1.11 bits per heavy atom. The van der Waals surface area contributed by atoms with E-state index in [4.69, 9.17) is 9.47 Å². The van der Waals surface area contributed by atoms with Crippen LogP contribution < -0.4 is 4.90 Å². The van der Waals surface area contributed by atoms with Crippen LogP contribution in [0.5, 0.6) is 0 Å². The van der Waals surface area contributed by atoms with Gasteiger partial charge in [-0.2, -0.15) is 0 Å². The highest BCUT2D eigenvalue weighted by Crippen LogP contribution is 2.33. The number of benzene rings is 1. The molecular weight excluding hydrogens is 344 g/mol. The van der Waals surface area contributed by atoms with Crippen LogP contribution in [0.3, 0.4) is 0 Å². The molecule has 146 valence electrons. The quantitative estimate of drug-likeness (QED) is 0.800. The molecule has 3 aliphatic heterocycles. The topological polar surface area (TPSA) is 59.1 Å². The summed E-state index contributed by atoms with van der Waals surface area (Å²) in [5, 5.41) is 0. The summed E-state index contributed by atoms with van der Waals surface area (Å²) in [6.45, 7) is 7.29. The summed E-state index contributed by atoms with van der Waals surface area (Å²) in [5.74, 6) is -0.642. The third kappa shape index (κ3) is 3.60. The monoisotopic (exact) mass is 372 g/mol. The van der Waals surface area contributed by atoms with Crippen LogP contribution in [0.4, 0.5) is 5.69 Å². The molecule has 1 aromatic carbocycles. The Bertz CT molecular complexity index is 732. The average Bonchev–Trinajstić information content (AvgIpc) is 3.06. The first-order chi connectivity index (χ1) is 13.0. The molecule has 3 fully saturated rings. The van der Waals surface area contributed by atoms with Crippen LogP contribution in [0.2, 0.25) is 0 Å². The normalized spacial score (nSPS) is 25.3. The molecule has 0 aliphatic carbocycles. The van der Waals surface area contributed by atoms with Crippen molar-refractivity contribution < 1.29 is 19.1 Å². The highest BCUT2D eigenvalue weighted by molar-refractivity contribution is 6.00. The Labute approximate surface area is 160 Å². The highest BCUT2D eigenvalue weighted by Gasteiger charge is 2.42. The van der Waals surface area contributed by atoms with Crippen LogP contribution in [0.1, 0.15) is 36.8 Å². The van der Waals surface area contributed by atoms with Crippen LogP contribution in [-0.4, -0.2) is 55.3 Å². The zero-order chi connectivity index (χ0) is 19.0. The van der Waals surface area contributed by atoms with Gasteiger partial charge in [-0.1, -0.05) is 6.07 Å². The summed E-state index contributed by atoms with van der Waals surface area (Å²) < 4.78 is 11.7. The maximum absolute atomic E-state index is 13.0. The standard InChI is InChI=1S/C21H28N2O4/c1-15-4-5-18(12-16(15)2)23-14-17(13-19(23)24)20(25)22-8-6-21(7-9-22)26-10-3-11-27-21/h4-5,12,17H,3,6-11,13-14H2,1-2H3/t17-/m0/s1. The molecule has 0 radical (unpaired) electrons. The van der Waals surface area contributed by atoms with Gasteiger partial charge in [0.05, 0.1) is 19.1 Å². The molecule has 0 aromatic heterocycles. The first-order valence-electron chi connectivity index (χ1n) is 9.92. The summed E-state index contributed by atoms with van der Waals surface area (Å²) in [7, 11) is 0. The molecule has 1 aromatic rings. The first-order valence-corrected chi connectivity index (χ1v) is 9.92. The van der Waals surface area contributed by atoms with E-state index in [2.05, 4.69) is 6.92 Å². The Hall–Kier alpha value is -1.92. The molecule has 0 saturated carbocycles. The number of aryl methyl sites for hydroxylation is 2. The molecule has 4 rings (SSSR count). The Morgan fingerprint density at radius 2 is 1.81 bits per heavy atom. The van der Waals surface area contributed by atoms with Gasteiger partial charge in [-0.3, -0.25) is 9.59 Å². The molecule has 0 bridgehead atoms. The van der Waals surface area contributed by atoms with Gasteiger partial charge < -0.3 is 19.3 Å². The lowest BCUT2D eigenvalue weighted by molar-refractivity contribution is -0.282. The van der Waals surface area contributed by atoms with Crippen LogP contribution in [0.15, 0.2) is 18.2 Å². The SMILES string of the molecule is Cc1ccc(N2C[C@@H](C(=O)N3CCC4(CC3)OCCCO4)CC2=O)cc1C. The third-order valence-electron chi connectivity index (χ3n) is 6.13. The number of hydrogen-bond donors (Lipinski definition) is 0. The fraction of sp³-hybridized carbons (Fsp3) is 0.619. The molecule has 0 N–H and O–H groups in total. The van der Waals surface area contributed by atoms with Gasteiger partial charge >= 0.3 is 0 Å². The van der Waals surface area contributed by atoms with Gasteiger partial charge in [-0.25, -0.2) is 0 Å². The number of carbonyl (C=O) groups excluding carboxylic acids is 2. The minimum atomic E-state index is -0.494. The molecule has 27 heavy (non-hydrogen) atoms. The van der Waals surface area contributed by atoms with E-state index in [0.717, 1.165) is 30.9 Å². The number of anilines is 1. The summed E-state index contributed by atoms with van der Waals surface area (Å²) in [4.78, 5) is 29.1. The van der Waals surface area contributed by atoms with E-state index in [1.165, 1.54) is 5.56 Å². The summed E-state index contributed by atoms with van der Waals surface area (Å²) in [6, 6.07) is 6.03. The van der Waals surface area contributed by atoms with Crippen molar-refractivity contribution in [2.75, 3.05) is 37.7 Å². The molecule has 3 aliphatic rings. The van der Waals surface area contributed by atoms with Crippen LogP contribution in [0, 0.1) is 19.8 Å². The molecule has 6 heteroatoms. The Balaban J connectivity index is 1.39. The predicted octanol–water partition coefficient (Wildman–Crippen LogP) is 2.41. The van der Waals surface area contributed by atoms with E-state index in [1.54, 1.807) is 4.90 Å². The number of nitrogens with zero attached hydrogens (tertiary/aromatic N) is 2. The number of carbonyl (C=O) groups is 2. The van der Waals surface area contributed by atoms with E-state index in [-0.39, 0.29) is 17.7 Å². The number of ether oxygens (including phenoxy) is 2. The number of likely N-dealkylation sites (tertiary alicyclic amines) is 1. The van der Waals surface area contributed by atoms with Crippen molar-refractivity contribution >= 4 is 17.5 Å². The molecule has 1 atom stereocenters. The summed E-state index contributed by atoms with van der Waals surface area (Å²) in [5.41, 5.74) is 3.25. The zero-order valence-electron chi connectivity index (χ0n) is 16.2. The smallest absolute Gasteiger partial charge is 0.228 e. The second kappa shape index (κ2) is 7.24. The minimum Gasteiger partial charge on any atom is -0.350 e. The largest absolute Gasteiger partial charge is 0.350 e. The molecule has 6 nitrogen and oxygen atoms in total. The zero-order valence-corrected chi connectivity index (χ0v) is 16.2. The summed E-state index contributed by atoms with van der Waals surface area (Å²) in [6.07, 6.45) is 2.64. The van der Waals surface area contributed by atoms with E-state index in [9.17, 15) is 9.59 Å². The average molecular weight is 372 g/mol. The molecule has 3 heterocycles. The van der Waals surface area contributed by atoms with Crippen molar-refractivity contribution in [3.63, 3.8) is 0 Å². The van der Waals surface area contributed by atoms with Crippen LogP contribution >= 0.6 is 0 Å². The second-order valence-corrected chi connectivity index (χ2v) is 7.96. The van der Waals surface area contributed by atoms with E-state index >= 15 is 0 Å². The second-order valence-electron chi connectivity index (χ2n) is 7.96. The first kappa shape index (κ1) is 18.4. The number of amides is 2. The predicted molar refractivity (Wildman–Crippen MR) is 101 cm³/mol. The van der Waals surface area contributed by atoms with Crippen molar-refractivity contribution in [3.05, 3.63) is 29.3 Å². The summed E-state index contributed by atoms with van der Waals surface area (Å²) >= 11 is 0. The van der Waals surface area contributed by atoms with Gasteiger partial charge in [0.15, 0.2) is 5.79 Å². The lowest BCUT2D eigenvalue weighted by Gasteiger charge is -2.43. The highest BCUT2D eigenvalue weighted by atomic mass is 16.7. The molecule has 3 saturated heterocycles. The molecule has 2 amide bonds. The molecule has 0 unspecified atom stereocenters. The van der Waals surface area contributed by atoms with Crippen LogP contribution in [0.25, 0.3) is 0 Å². The maximum Gasteiger partial charge on any atom is 0.228 e. The fourth-order valence-corrected chi connectivity index (χ4v) is 4.25. The number of rotatable bonds is 2. The third-order valence-corrected chi connectivity index (χ3v) is 6.13. The van der Waals surface area contributed by atoms with E-state index < -0.39 is 5.79 Å². The van der Waals surface area contributed by atoms with Crippen molar-refractivity contribution in [3.8, 4) is 0 Å². The Kier molecular flexibility index (Phi) is 4.95. The number of hydrogen-bond acceptors (Lipinski definition) is 4.